The van der Waals surface area contributed by atoms with Crippen molar-refractivity contribution in [3.8, 4) is 17.4 Å². The Labute approximate surface area is 117 Å². The van der Waals surface area contributed by atoms with E-state index < -0.39 is 32.7 Å². The zero-order chi connectivity index (χ0) is 15.6. The van der Waals surface area contributed by atoms with Crippen LogP contribution in [0.1, 0.15) is 0 Å². The molecule has 0 saturated carbocycles. The Bertz CT molecular complexity index is 731. The number of nitro benzene ring substituents is 2. The molecule has 2 aromatic rings. The van der Waals surface area contributed by atoms with Gasteiger partial charge < -0.3 is 4.74 Å². The minimum absolute atomic E-state index is 0.120. The summed E-state index contributed by atoms with van der Waals surface area (Å²) in [6.45, 7) is 0. The number of nitro groups is 2. The summed E-state index contributed by atoms with van der Waals surface area (Å²) in [6, 6.07) is 6.39. The van der Waals surface area contributed by atoms with Crippen LogP contribution >= 0.6 is 0 Å². The van der Waals surface area contributed by atoms with E-state index in [1.54, 1.807) is 25.4 Å². The fourth-order valence-corrected chi connectivity index (χ4v) is 1.68. The van der Waals surface area contributed by atoms with Gasteiger partial charge in [-0.15, -0.1) is 0 Å². The Morgan fingerprint density at radius 1 is 1.10 bits per heavy atom. The normalized spacial score (nSPS) is 10.1. The van der Waals surface area contributed by atoms with Crippen LogP contribution in [-0.2, 0) is 12.2 Å². The Morgan fingerprint density at radius 3 is 2.38 bits per heavy atom. The smallest absolute Gasteiger partial charge is 0.373 e. The monoisotopic (exact) mass is 291 g/mol. The lowest BCUT2D eigenvalue weighted by Crippen LogP contribution is -2.28. The predicted molar refractivity (Wildman–Crippen MR) is 67.6 cm³/mol. The highest BCUT2D eigenvalue weighted by Gasteiger charge is 2.34. The van der Waals surface area contributed by atoms with Crippen molar-refractivity contribution in [3.05, 3.63) is 56.8 Å². The average molecular weight is 291 g/mol. The Kier molecular flexibility index (Phi) is 3.65. The first-order chi connectivity index (χ1) is 9.91. The van der Waals surface area contributed by atoms with E-state index in [2.05, 4.69) is 0 Å². The molecule has 9 nitrogen and oxygen atoms in total. The average Bonchev–Trinajstić information content (AvgIpc) is 2.40. The van der Waals surface area contributed by atoms with Gasteiger partial charge in [0.25, 0.3) is 11.5 Å². The van der Waals surface area contributed by atoms with E-state index in [1.807, 2.05) is 0 Å². The highest BCUT2D eigenvalue weighted by molar-refractivity contribution is 5.67. The minimum Gasteiger partial charge on any atom is -0.390 e. The van der Waals surface area contributed by atoms with Crippen LogP contribution in [0.15, 0.2) is 36.5 Å². The van der Waals surface area contributed by atoms with Crippen molar-refractivity contribution in [1.82, 2.24) is 0 Å². The standard InChI is InChI=1S/C12H9N3O6/c1-13-7-3-2-4-10(13)21-12-8(14(17)18)5-6-9(16)11(12)15(19)20/h2-7H,1H3/q+1. The number of hydrogen-bond acceptors (Lipinski definition) is 5. The molecular weight excluding hydrogens is 282 g/mol. The van der Waals surface area contributed by atoms with Crippen LogP contribution < -0.4 is 9.30 Å². The summed E-state index contributed by atoms with van der Waals surface area (Å²) in [5, 5.41) is 33.5. The number of hydrogen-bond donors (Lipinski definition) is 0. The fourth-order valence-electron chi connectivity index (χ4n) is 1.68. The first kappa shape index (κ1) is 14.2. The van der Waals surface area contributed by atoms with Gasteiger partial charge in [-0.2, -0.15) is 4.57 Å². The number of aryl methyl sites for hydroxylation is 1. The van der Waals surface area contributed by atoms with Crippen molar-refractivity contribution in [2.24, 2.45) is 7.05 Å². The maximum absolute atomic E-state index is 11.6. The van der Waals surface area contributed by atoms with E-state index in [4.69, 9.17) is 4.74 Å². The lowest BCUT2D eigenvalue weighted by molar-refractivity contribution is -0.676. The first-order valence-electron chi connectivity index (χ1n) is 5.67. The van der Waals surface area contributed by atoms with Gasteiger partial charge in [-0.25, -0.2) is 0 Å². The second kappa shape index (κ2) is 5.41. The lowest BCUT2D eigenvalue weighted by Gasteiger charge is -2.05. The second-order valence-corrected chi connectivity index (χ2v) is 4.03. The summed E-state index contributed by atoms with van der Waals surface area (Å²) >= 11 is 0. The second-order valence-electron chi connectivity index (χ2n) is 4.03. The third-order valence-electron chi connectivity index (χ3n) is 2.67. The van der Waals surface area contributed by atoms with Gasteiger partial charge in [0.1, 0.15) is 7.05 Å². The molecule has 2 rings (SSSR count). The van der Waals surface area contributed by atoms with E-state index in [0.717, 1.165) is 12.1 Å². The maximum Gasteiger partial charge on any atom is 0.373 e. The molecule has 0 fully saturated rings. The summed E-state index contributed by atoms with van der Waals surface area (Å²) in [4.78, 5) is 20.1. The third-order valence-corrected chi connectivity index (χ3v) is 2.67. The Hall–Kier alpha value is -3.23. The van der Waals surface area contributed by atoms with Crippen LogP contribution in [-0.4, -0.2) is 9.85 Å². The van der Waals surface area contributed by atoms with Gasteiger partial charge in [0.2, 0.25) is 0 Å². The summed E-state index contributed by atoms with van der Waals surface area (Å²) in [7, 11) is 1.59. The molecule has 0 unspecified atom stereocenters. The highest BCUT2D eigenvalue weighted by Crippen LogP contribution is 2.44. The number of rotatable bonds is 4. The van der Waals surface area contributed by atoms with Crippen LogP contribution in [0, 0.1) is 20.2 Å². The van der Waals surface area contributed by atoms with Crippen molar-refractivity contribution >= 4 is 11.4 Å². The third kappa shape index (κ3) is 2.71. The summed E-state index contributed by atoms with van der Waals surface area (Å²) in [6.07, 6.45) is 1.59. The van der Waals surface area contributed by atoms with Crippen LogP contribution in [0.3, 0.4) is 0 Å². The molecular formula is C12H9N3O6+. The minimum atomic E-state index is -0.992. The van der Waals surface area contributed by atoms with Crippen LogP contribution in [0.25, 0.3) is 0 Å². The zero-order valence-corrected chi connectivity index (χ0v) is 10.8. The SMILES string of the molecule is C[n+]1ccccc1Oc1c([N+](=O)[O-])ccc([O])c1[N+](=O)[O-]. The van der Waals surface area contributed by atoms with Crippen molar-refractivity contribution in [2.45, 2.75) is 0 Å². The molecule has 0 amide bonds. The van der Waals surface area contributed by atoms with Crippen molar-refractivity contribution in [3.63, 3.8) is 0 Å². The number of ether oxygens (including phenoxy) is 1. The molecule has 0 atom stereocenters. The highest BCUT2D eigenvalue weighted by atomic mass is 16.6. The predicted octanol–water partition coefficient (Wildman–Crippen LogP) is 2.26. The van der Waals surface area contributed by atoms with Crippen LogP contribution in [0.2, 0.25) is 0 Å². The Morgan fingerprint density at radius 2 is 1.81 bits per heavy atom. The fraction of sp³-hybridized carbons (Fsp3) is 0.0833. The Balaban J connectivity index is 2.65. The van der Waals surface area contributed by atoms with Crippen molar-refractivity contribution in [2.75, 3.05) is 0 Å². The number of aromatic nitrogens is 1. The summed E-state index contributed by atoms with van der Waals surface area (Å²) in [5.41, 5.74) is -1.61. The van der Waals surface area contributed by atoms with Crippen LogP contribution in [0.4, 0.5) is 11.4 Å². The first-order valence-corrected chi connectivity index (χ1v) is 5.67. The summed E-state index contributed by atoms with van der Waals surface area (Å²) < 4.78 is 6.72. The van der Waals surface area contributed by atoms with Crippen molar-refractivity contribution < 1.29 is 24.3 Å². The quantitative estimate of drug-likeness (QED) is 0.486. The van der Waals surface area contributed by atoms with E-state index in [-0.39, 0.29) is 5.88 Å². The van der Waals surface area contributed by atoms with Crippen molar-refractivity contribution in [1.29, 1.82) is 0 Å². The molecule has 1 aromatic carbocycles. The molecule has 0 spiro atoms. The molecule has 1 radical (unpaired) electrons. The molecule has 0 bridgehead atoms. The largest absolute Gasteiger partial charge is 0.390 e. The van der Waals surface area contributed by atoms with Gasteiger partial charge in [0.05, 0.1) is 15.9 Å². The molecule has 0 saturated heterocycles. The topological polar surface area (TPSA) is 119 Å². The van der Waals surface area contributed by atoms with Gasteiger partial charge in [-0.1, -0.05) is 0 Å². The van der Waals surface area contributed by atoms with E-state index in [9.17, 15) is 25.3 Å². The zero-order valence-electron chi connectivity index (χ0n) is 10.8. The van der Waals surface area contributed by atoms with Gasteiger partial charge in [0.15, 0.2) is 6.20 Å². The molecule has 0 N–H and O–H groups in total. The molecule has 0 aliphatic rings. The van der Waals surface area contributed by atoms with Gasteiger partial charge in [0, 0.05) is 12.1 Å². The molecule has 9 heteroatoms. The maximum atomic E-state index is 11.6. The van der Waals surface area contributed by atoms with E-state index >= 15 is 0 Å². The molecule has 0 aliphatic heterocycles. The number of benzene rings is 1. The van der Waals surface area contributed by atoms with Gasteiger partial charge >= 0.3 is 17.3 Å². The van der Waals surface area contributed by atoms with Crippen LogP contribution in [0.5, 0.6) is 17.4 Å². The molecule has 1 aromatic heterocycles. The van der Waals surface area contributed by atoms with E-state index in [0.29, 0.717) is 0 Å². The molecule has 1 heterocycles. The van der Waals surface area contributed by atoms with Gasteiger partial charge in [-0.3, -0.25) is 25.3 Å². The van der Waals surface area contributed by atoms with E-state index in [1.165, 1.54) is 10.6 Å². The molecule has 0 aliphatic carbocycles. The summed E-state index contributed by atoms with van der Waals surface area (Å²) in [5.74, 6) is -1.52. The molecule has 107 valence electrons. The van der Waals surface area contributed by atoms with Gasteiger partial charge in [-0.05, 0) is 12.1 Å². The molecule has 21 heavy (non-hydrogen) atoms. The number of pyridine rings is 1. The number of nitrogens with zero attached hydrogens (tertiary/aromatic N) is 3. The lowest BCUT2D eigenvalue weighted by atomic mass is 10.2.